The predicted octanol–water partition coefficient (Wildman–Crippen LogP) is 1.19. The van der Waals surface area contributed by atoms with Crippen LogP contribution in [-0.4, -0.2) is 54.0 Å². The lowest BCUT2D eigenvalue weighted by atomic mass is 9.73. The largest absolute Gasteiger partial charge is 0.467 e. The van der Waals surface area contributed by atoms with E-state index in [2.05, 4.69) is 10.6 Å². The van der Waals surface area contributed by atoms with E-state index in [1.165, 1.54) is 7.11 Å². The third-order valence-corrected chi connectivity index (χ3v) is 5.79. The number of carbonyl (C=O) groups excluding carboxylic acids is 4. The summed E-state index contributed by atoms with van der Waals surface area (Å²) in [5.74, 6) is -1.53. The Balaban J connectivity index is 2.07. The molecule has 4 atom stereocenters. The first-order valence-electron chi connectivity index (χ1n) is 9.28. The van der Waals surface area contributed by atoms with E-state index >= 15 is 0 Å². The van der Waals surface area contributed by atoms with Crippen molar-refractivity contribution in [1.82, 2.24) is 15.5 Å². The Morgan fingerprint density at radius 3 is 2.65 bits per heavy atom. The van der Waals surface area contributed by atoms with Gasteiger partial charge in [0, 0.05) is 0 Å². The number of hydrogen-bond donors (Lipinski definition) is 2. The fourth-order valence-electron chi connectivity index (χ4n) is 3.80. The number of methoxy groups -OCH3 is 1. The number of nitrogens with one attached hydrogen (secondary N) is 2. The maximum Gasteiger partial charge on any atom is 0.328 e. The zero-order valence-corrected chi connectivity index (χ0v) is 16.0. The van der Waals surface area contributed by atoms with Crippen LogP contribution in [0.25, 0.3) is 0 Å². The highest BCUT2D eigenvalue weighted by Gasteiger charge is 2.55. The molecule has 2 aliphatic rings. The van der Waals surface area contributed by atoms with Gasteiger partial charge in [0.25, 0.3) is 5.91 Å². The van der Waals surface area contributed by atoms with E-state index in [1.807, 2.05) is 20.8 Å². The SMILES string of the molecule is CC[C@@H](C)[C@H](NC(=O)CN1C(=O)N[C@]2(CCCC[C@@H]2C)C1=O)C(=O)OC. The van der Waals surface area contributed by atoms with E-state index in [-0.39, 0.29) is 17.7 Å². The average Bonchev–Trinajstić information content (AvgIpc) is 2.86. The molecule has 2 fully saturated rings. The molecule has 1 aliphatic heterocycles. The van der Waals surface area contributed by atoms with Gasteiger partial charge in [0.05, 0.1) is 7.11 Å². The van der Waals surface area contributed by atoms with E-state index in [9.17, 15) is 19.2 Å². The second kappa shape index (κ2) is 8.05. The van der Waals surface area contributed by atoms with Gasteiger partial charge in [-0.3, -0.25) is 14.5 Å². The minimum Gasteiger partial charge on any atom is -0.467 e. The van der Waals surface area contributed by atoms with Gasteiger partial charge in [-0.05, 0) is 24.7 Å². The number of imide groups is 1. The van der Waals surface area contributed by atoms with Crippen molar-refractivity contribution in [3.05, 3.63) is 0 Å². The van der Waals surface area contributed by atoms with Crippen LogP contribution in [0.1, 0.15) is 52.9 Å². The van der Waals surface area contributed by atoms with Gasteiger partial charge in [-0.2, -0.15) is 0 Å². The van der Waals surface area contributed by atoms with Crippen LogP contribution in [0.2, 0.25) is 0 Å². The van der Waals surface area contributed by atoms with Crippen molar-refractivity contribution in [3.63, 3.8) is 0 Å². The second-order valence-electron chi connectivity index (χ2n) is 7.39. The maximum atomic E-state index is 12.9. The van der Waals surface area contributed by atoms with Crippen LogP contribution >= 0.6 is 0 Å². The molecule has 1 spiro atoms. The topological polar surface area (TPSA) is 105 Å². The monoisotopic (exact) mass is 367 g/mol. The van der Waals surface area contributed by atoms with Gasteiger partial charge in [-0.25, -0.2) is 9.59 Å². The summed E-state index contributed by atoms with van der Waals surface area (Å²) in [6, 6.07) is -1.35. The highest BCUT2D eigenvalue weighted by atomic mass is 16.5. The molecule has 0 aromatic rings. The standard InChI is InChI=1S/C18H29N3O5/c1-5-11(2)14(15(23)26-4)19-13(22)10-21-16(24)18(20-17(21)25)9-7-6-8-12(18)3/h11-12,14H,5-10H2,1-4H3,(H,19,22)(H,20,25)/t11-,12+,14+,18+/m1/s1. The summed E-state index contributed by atoms with van der Waals surface area (Å²) in [7, 11) is 1.26. The zero-order chi connectivity index (χ0) is 19.5. The molecule has 1 heterocycles. The van der Waals surface area contributed by atoms with Crippen molar-refractivity contribution in [2.24, 2.45) is 11.8 Å². The minimum absolute atomic E-state index is 0.0312. The van der Waals surface area contributed by atoms with Crippen molar-refractivity contribution in [2.75, 3.05) is 13.7 Å². The second-order valence-corrected chi connectivity index (χ2v) is 7.39. The zero-order valence-electron chi connectivity index (χ0n) is 16.0. The minimum atomic E-state index is -0.895. The van der Waals surface area contributed by atoms with Crippen LogP contribution in [0, 0.1) is 11.8 Å². The van der Waals surface area contributed by atoms with E-state index in [0.717, 1.165) is 24.2 Å². The van der Waals surface area contributed by atoms with E-state index < -0.39 is 36.0 Å². The Bertz CT molecular complexity index is 593. The Morgan fingerprint density at radius 2 is 2.08 bits per heavy atom. The van der Waals surface area contributed by atoms with E-state index in [0.29, 0.717) is 12.8 Å². The first-order valence-corrected chi connectivity index (χ1v) is 9.28. The number of hydrogen-bond acceptors (Lipinski definition) is 5. The highest BCUT2D eigenvalue weighted by molar-refractivity contribution is 6.09. The molecule has 0 radical (unpaired) electrons. The first kappa shape index (κ1) is 20.2. The number of esters is 1. The number of nitrogens with zero attached hydrogens (tertiary/aromatic N) is 1. The Hall–Kier alpha value is -2.12. The summed E-state index contributed by atoms with van der Waals surface area (Å²) >= 11 is 0. The van der Waals surface area contributed by atoms with Crippen molar-refractivity contribution in [3.8, 4) is 0 Å². The fourth-order valence-corrected chi connectivity index (χ4v) is 3.80. The lowest BCUT2D eigenvalue weighted by Crippen LogP contribution is -2.54. The van der Waals surface area contributed by atoms with Crippen LogP contribution in [-0.2, 0) is 19.1 Å². The summed E-state index contributed by atoms with van der Waals surface area (Å²) < 4.78 is 4.74. The van der Waals surface area contributed by atoms with E-state index in [4.69, 9.17) is 4.74 Å². The molecule has 8 heteroatoms. The molecule has 26 heavy (non-hydrogen) atoms. The van der Waals surface area contributed by atoms with E-state index in [1.54, 1.807) is 0 Å². The quantitative estimate of drug-likeness (QED) is 0.542. The van der Waals surface area contributed by atoms with Crippen molar-refractivity contribution >= 4 is 23.8 Å². The molecular weight excluding hydrogens is 338 g/mol. The number of ether oxygens (including phenoxy) is 1. The number of amides is 4. The summed E-state index contributed by atoms with van der Waals surface area (Å²) in [6.45, 7) is 5.28. The fraction of sp³-hybridized carbons (Fsp3) is 0.778. The molecule has 0 aromatic heterocycles. The predicted molar refractivity (Wildman–Crippen MR) is 94.0 cm³/mol. The lowest BCUT2D eigenvalue weighted by Gasteiger charge is -2.36. The van der Waals surface area contributed by atoms with Crippen LogP contribution in [0.4, 0.5) is 4.79 Å². The first-order chi connectivity index (χ1) is 12.3. The summed E-state index contributed by atoms with van der Waals surface area (Å²) in [4.78, 5) is 50.5. The number of rotatable bonds is 6. The average molecular weight is 367 g/mol. The Morgan fingerprint density at radius 1 is 1.38 bits per heavy atom. The molecule has 1 saturated carbocycles. The van der Waals surface area contributed by atoms with Crippen LogP contribution in [0.3, 0.4) is 0 Å². The van der Waals surface area contributed by atoms with Crippen LogP contribution < -0.4 is 10.6 Å². The highest BCUT2D eigenvalue weighted by Crippen LogP contribution is 2.38. The molecule has 0 aromatic carbocycles. The summed E-state index contributed by atoms with van der Waals surface area (Å²) in [6.07, 6.45) is 4.03. The van der Waals surface area contributed by atoms with Crippen LogP contribution in [0.5, 0.6) is 0 Å². The summed E-state index contributed by atoms with van der Waals surface area (Å²) in [5.41, 5.74) is -0.895. The van der Waals surface area contributed by atoms with Crippen molar-refractivity contribution < 1.29 is 23.9 Å². The summed E-state index contributed by atoms with van der Waals surface area (Å²) in [5, 5.41) is 5.41. The normalized spacial score (nSPS) is 27.8. The molecule has 8 nitrogen and oxygen atoms in total. The maximum absolute atomic E-state index is 12.9. The van der Waals surface area contributed by atoms with Crippen molar-refractivity contribution in [2.45, 2.75) is 64.5 Å². The molecule has 0 unspecified atom stereocenters. The smallest absolute Gasteiger partial charge is 0.328 e. The molecule has 1 saturated heterocycles. The van der Waals surface area contributed by atoms with Gasteiger partial charge in [0.1, 0.15) is 18.1 Å². The third kappa shape index (κ3) is 3.68. The van der Waals surface area contributed by atoms with Crippen LogP contribution in [0.15, 0.2) is 0 Å². The lowest BCUT2D eigenvalue weighted by molar-refractivity contribution is -0.146. The Labute approximate surface area is 154 Å². The number of urea groups is 1. The number of carbonyl (C=O) groups is 4. The molecular formula is C18H29N3O5. The molecule has 1 aliphatic carbocycles. The van der Waals surface area contributed by atoms with Crippen molar-refractivity contribution in [1.29, 1.82) is 0 Å². The van der Waals surface area contributed by atoms with Gasteiger partial charge in [-0.15, -0.1) is 0 Å². The molecule has 146 valence electrons. The molecule has 2 N–H and O–H groups in total. The molecule has 0 bridgehead atoms. The van der Waals surface area contributed by atoms with Gasteiger partial charge in [-0.1, -0.05) is 40.0 Å². The van der Waals surface area contributed by atoms with Gasteiger partial charge < -0.3 is 15.4 Å². The van der Waals surface area contributed by atoms with Gasteiger partial charge in [0.2, 0.25) is 5.91 Å². The molecule has 2 rings (SSSR count). The molecule has 4 amide bonds. The third-order valence-electron chi connectivity index (χ3n) is 5.79. The Kier molecular flexibility index (Phi) is 6.26. The van der Waals surface area contributed by atoms with Gasteiger partial charge >= 0.3 is 12.0 Å². The van der Waals surface area contributed by atoms with Gasteiger partial charge in [0.15, 0.2) is 0 Å².